The van der Waals surface area contributed by atoms with E-state index in [9.17, 15) is 14.0 Å². The minimum absolute atomic E-state index is 0.0222. The zero-order chi connectivity index (χ0) is 22.8. The van der Waals surface area contributed by atoms with Crippen molar-refractivity contribution in [1.29, 1.82) is 0 Å². The van der Waals surface area contributed by atoms with Crippen molar-refractivity contribution in [3.8, 4) is 11.1 Å². The van der Waals surface area contributed by atoms with Crippen molar-refractivity contribution in [3.63, 3.8) is 0 Å². The van der Waals surface area contributed by atoms with Crippen LogP contribution < -0.4 is 5.56 Å². The van der Waals surface area contributed by atoms with Gasteiger partial charge in [-0.05, 0) is 66.7 Å². The SMILES string of the molecule is O=C(c1cccs1)N1CCc2c(cc(-c3cccc(F)c3)c(=O)n2CCN2CCCCC2)C1. The van der Waals surface area contributed by atoms with E-state index in [0.29, 0.717) is 37.2 Å². The number of rotatable bonds is 5. The molecule has 0 unspecified atom stereocenters. The zero-order valence-electron chi connectivity index (χ0n) is 18.6. The van der Waals surface area contributed by atoms with Crippen LogP contribution in [0, 0.1) is 5.82 Å². The molecule has 172 valence electrons. The van der Waals surface area contributed by atoms with Crippen LogP contribution in [-0.2, 0) is 19.5 Å². The Morgan fingerprint density at radius 2 is 1.85 bits per heavy atom. The fourth-order valence-electron chi connectivity index (χ4n) is 4.97. The molecule has 0 N–H and O–H groups in total. The van der Waals surface area contributed by atoms with Crippen molar-refractivity contribution in [2.75, 3.05) is 26.2 Å². The Labute approximate surface area is 197 Å². The van der Waals surface area contributed by atoms with Crippen molar-refractivity contribution < 1.29 is 9.18 Å². The number of nitrogens with zero attached hydrogens (tertiary/aromatic N) is 3. The molecule has 5 nitrogen and oxygen atoms in total. The summed E-state index contributed by atoms with van der Waals surface area (Å²) in [6.07, 6.45) is 4.33. The van der Waals surface area contributed by atoms with Gasteiger partial charge in [-0.25, -0.2) is 4.39 Å². The summed E-state index contributed by atoms with van der Waals surface area (Å²) in [6, 6.07) is 11.8. The zero-order valence-corrected chi connectivity index (χ0v) is 19.5. The van der Waals surface area contributed by atoms with Crippen LogP contribution in [-0.4, -0.2) is 46.5 Å². The van der Waals surface area contributed by atoms with Crippen molar-refractivity contribution in [2.24, 2.45) is 0 Å². The molecule has 3 aromatic rings. The number of benzene rings is 1. The second-order valence-corrected chi connectivity index (χ2v) is 9.80. The lowest BCUT2D eigenvalue weighted by Gasteiger charge is -2.32. The lowest BCUT2D eigenvalue weighted by molar-refractivity contribution is 0.0736. The topological polar surface area (TPSA) is 45.6 Å². The monoisotopic (exact) mass is 465 g/mol. The van der Waals surface area contributed by atoms with Crippen molar-refractivity contribution in [3.05, 3.63) is 80.2 Å². The summed E-state index contributed by atoms with van der Waals surface area (Å²) in [4.78, 5) is 31.5. The van der Waals surface area contributed by atoms with Gasteiger partial charge in [0.2, 0.25) is 0 Å². The van der Waals surface area contributed by atoms with Crippen LogP contribution in [0.2, 0.25) is 0 Å². The molecule has 1 amide bonds. The minimum Gasteiger partial charge on any atom is -0.333 e. The van der Waals surface area contributed by atoms with Gasteiger partial charge in [-0.15, -0.1) is 11.3 Å². The van der Waals surface area contributed by atoms with Crippen LogP contribution in [0.15, 0.2) is 52.6 Å². The van der Waals surface area contributed by atoms with Gasteiger partial charge in [-0.1, -0.05) is 24.6 Å². The lowest BCUT2D eigenvalue weighted by atomic mass is 9.98. The molecule has 0 radical (unpaired) electrons. The van der Waals surface area contributed by atoms with Crippen LogP contribution in [0.1, 0.15) is 40.2 Å². The van der Waals surface area contributed by atoms with Crippen molar-refractivity contribution in [1.82, 2.24) is 14.4 Å². The summed E-state index contributed by atoms with van der Waals surface area (Å²) in [7, 11) is 0. The fraction of sp³-hybridized carbons (Fsp3) is 0.385. The predicted octanol–water partition coefficient (Wildman–Crippen LogP) is 4.40. The second kappa shape index (κ2) is 9.61. The number of pyridine rings is 1. The van der Waals surface area contributed by atoms with E-state index in [1.165, 1.54) is 42.7 Å². The molecule has 0 bridgehead atoms. The number of carbonyl (C=O) groups is 1. The molecule has 4 heterocycles. The lowest BCUT2D eigenvalue weighted by Crippen LogP contribution is -2.41. The van der Waals surface area contributed by atoms with Gasteiger partial charge in [-0.3, -0.25) is 9.59 Å². The highest BCUT2D eigenvalue weighted by molar-refractivity contribution is 7.12. The molecule has 5 rings (SSSR count). The summed E-state index contributed by atoms with van der Waals surface area (Å²) in [5.74, 6) is -0.340. The summed E-state index contributed by atoms with van der Waals surface area (Å²) < 4.78 is 15.9. The largest absolute Gasteiger partial charge is 0.333 e. The first-order valence-corrected chi connectivity index (χ1v) is 12.5. The second-order valence-electron chi connectivity index (χ2n) is 8.85. The standard InChI is InChI=1S/C26H28FN3O2S/c27-21-7-4-6-19(16-21)22-17-20-18-29(26(32)24-8-5-15-33-24)12-9-23(20)30(25(22)31)14-13-28-10-2-1-3-11-28/h4-8,15-17H,1-3,9-14,18H2. The molecule has 2 aromatic heterocycles. The maximum absolute atomic E-state index is 14.0. The van der Waals surface area contributed by atoms with E-state index < -0.39 is 0 Å². The number of amides is 1. The molecular formula is C26H28FN3O2S. The summed E-state index contributed by atoms with van der Waals surface area (Å²) in [5.41, 5.74) is 2.99. The van der Waals surface area contributed by atoms with E-state index in [2.05, 4.69) is 4.90 Å². The van der Waals surface area contributed by atoms with E-state index >= 15 is 0 Å². The summed E-state index contributed by atoms with van der Waals surface area (Å²) in [5, 5.41) is 1.91. The van der Waals surface area contributed by atoms with Crippen LogP contribution >= 0.6 is 11.3 Å². The van der Waals surface area contributed by atoms with E-state index in [-0.39, 0.29) is 17.3 Å². The van der Waals surface area contributed by atoms with Gasteiger partial charge < -0.3 is 14.4 Å². The number of thiophene rings is 1. The van der Waals surface area contributed by atoms with Crippen LogP contribution in [0.4, 0.5) is 4.39 Å². The predicted molar refractivity (Wildman–Crippen MR) is 129 cm³/mol. The van der Waals surface area contributed by atoms with Gasteiger partial charge in [0.15, 0.2) is 0 Å². The molecule has 2 aliphatic heterocycles. The summed E-state index contributed by atoms with van der Waals surface area (Å²) >= 11 is 1.44. The van der Waals surface area contributed by atoms with Crippen LogP contribution in [0.3, 0.4) is 0 Å². The van der Waals surface area contributed by atoms with E-state index in [0.717, 1.165) is 35.8 Å². The Kier molecular flexibility index (Phi) is 6.42. The molecule has 0 saturated carbocycles. The van der Waals surface area contributed by atoms with Gasteiger partial charge in [0, 0.05) is 43.9 Å². The third-order valence-electron chi connectivity index (χ3n) is 6.71. The average molecular weight is 466 g/mol. The molecule has 1 saturated heterocycles. The first kappa shape index (κ1) is 22.0. The van der Waals surface area contributed by atoms with E-state index in [4.69, 9.17) is 0 Å². The molecule has 0 spiro atoms. The highest BCUT2D eigenvalue weighted by Gasteiger charge is 2.26. The van der Waals surface area contributed by atoms with Gasteiger partial charge in [0.25, 0.3) is 11.5 Å². The Hall–Kier alpha value is -2.77. The van der Waals surface area contributed by atoms with E-state index in [1.807, 2.05) is 33.0 Å². The first-order chi connectivity index (χ1) is 16.1. The Bertz CT molecular complexity index is 1200. The van der Waals surface area contributed by atoms with E-state index in [1.54, 1.807) is 12.1 Å². The minimum atomic E-state index is -0.362. The molecular weight excluding hydrogens is 437 g/mol. The maximum atomic E-state index is 14.0. The highest BCUT2D eigenvalue weighted by Crippen LogP contribution is 2.26. The fourth-order valence-corrected chi connectivity index (χ4v) is 5.66. The van der Waals surface area contributed by atoms with Gasteiger partial charge >= 0.3 is 0 Å². The van der Waals surface area contributed by atoms with Crippen molar-refractivity contribution in [2.45, 2.75) is 38.8 Å². The Balaban J connectivity index is 1.51. The first-order valence-electron chi connectivity index (χ1n) is 11.7. The third-order valence-corrected chi connectivity index (χ3v) is 7.57. The number of carbonyl (C=O) groups excluding carboxylic acids is 1. The molecule has 1 aromatic carbocycles. The molecule has 7 heteroatoms. The quantitative estimate of drug-likeness (QED) is 0.561. The summed E-state index contributed by atoms with van der Waals surface area (Å²) in [6.45, 7) is 4.64. The molecule has 33 heavy (non-hydrogen) atoms. The molecule has 0 aliphatic carbocycles. The van der Waals surface area contributed by atoms with Gasteiger partial charge in [0.1, 0.15) is 5.82 Å². The number of piperidine rings is 1. The Morgan fingerprint density at radius 1 is 1.00 bits per heavy atom. The highest BCUT2D eigenvalue weighted by atomic mass is 32.1. The average Bonchev–Trinajstić information content (AvgIpc) is 3.38. The smallest absolute Gasteiger partial charge is 0.264 e. The number of fused-ring (bicyclic) bond motifs is 1. The van der Waals surface area contributed by atoms with Crippen LogP contribution in [0.25, 0.3) is 11.1 Å². The normalized spacial score (nSPS) is 16.6. The van der Waals surface area contributed by atoms with Crippen LogP contribution in [0.5, 0.6) is 0 Å². The third kappa shape index (κ3) is 4.66. The molecule has 0 atom stereocenters. The van der Waals surface area contributed by atoms with Gasteiger partial charge in [0.05, 0.1) is 4.88 Å². The molecule has 2 aliphatic rings. The number of likely N-dealkylation sites (tertiary alicyclic amines) is 1. The number of hydrogen-bond acceptors (Lipinski definition) is 4. The number of halogens is 1. The van der Waals surface area contributed by atoms with Crippen molar-refractivity contribution >= 4 is 17.2 Å². The number of aromatic nitrogens is 1. The molecule has 1 fully saturated rings. The maximum Gasteiger partial charge on any atom is 0.264 e. The Morgan fingerprint density at radius 3 is 2.61 bits per heavy atom. The van der Waals surface area contributed by atoms with Gasteiger partial charge in [-0.2, -0.15) is 0 Å². The number of hydrogen-bond donors (Lipinski definition) is 0.